The van der Waals surface area contributed by atoms with E-state index in [2.05, 4.69) is 5.32 Å². The predicted octanol–water partition coefficient (Wildman–Crippen LogP) is 2.67. The molecule has 0 unspecified atom stereocenters. The smallest absolute Gasteiger partial charge is 0.261 e. The van der Waals surface area contributed by atoms with Gasteiger partial charge in [0.15, 0.2) is 0 Å². The lowest BCUT2D eigenvalue weighted by atomic mass is 10.0. The van der Waals surface area contributed by atoms with E-state index in [-0.39, 0.29) is 16.7 Å². The van der Waals surface area contributed by atoms with Gasteiger partial charge in [-0.1, -0.05) is 26.0 Å². The Labute approximate surface area is 118 Å². The molecule has 0 aliphatic heterocycles. The van der Waals surface area contributed by atoms with Crippen LogP contribution in [-0.2, 0) is 20.4 Å². The molecule has 0 saturated heterocycles. The van der Waals surface area contributed by atoms with Gasteiger partial charge in [0.25, 0.3) is 9.05 Å². The summed E-state index contributed by atoms with van der Waals surface area (Å²) < 4.78 is 22.1. The topological polar surface area (TPSA) is 63.2 Å². The fourth-order valence-corrected chi connectivity index (χ4v) is 2.53. The van der Waals surface area contributed by atoms with E-state index in [1.807, 2.05) is 13.8 Å². The lowest BCUT2D eigenvalue weighted by molar-refractivity contribution is -0.125. The van der Waals surface area contributed by atoms with E-state index in [4.69, 9.17) is 10.7 Å². The summed E-state index contributed by atoms with van der Waals surface area (Å²) in [5.41, 5.74) is 0.836. The van der Waals surface area contributed by atoms with Gasteiger partial charge in [-0.3, -0.25) is 4.79 Å². The van der Waals surface area contributed by atoms with Gasteiger partial charge in [0.05, 0.1) is 4.90 Å². The molecule has 0 atom stereocenters. The monoisotopic (exact) mass is 303 g/mol. The second kappa shape index (κ2) is 6.91. The van der Waals surface area contributed by atoms with Crippen LogP contribution in [0.2, 0.25) is 0 Å². The van der Waals surface area contributed by atoms with Crippen LogP contribution < -0.4 is 5.32 Å². The number of hydrogen-bond donors (Lipinski definition) is 1. The third kappa shape index (κ3) is 4.84. The van der Waals surface area contributed by atoms with Crippen molar-refractivity contribution in [3.63, 3.8) is 0 Å². The molecule has 1 rings (SSSR count). The van der Waals surface area contributed by atoms with Gasteiger partial charge < -0.3 is 5.32 Å². The van der Waals surface area contributed by atoms with Gasteiger partial charge in [-0.05, 0) is 30.5 Å². The van der Waals surface area contributed by atoms with Gasteiger partial charge >= 0.3 is 0 Å². The van der Waals surface area contributed by atoms with Gasteiger partial charge in [-0.15, -0.1) is 0 Å². The van der Waals surface area contributed by atoms with E-state index in [9.17, 15) is 13.2 Å². The maximum atomic E-state index is 11.8. The van der Waals surface area contributed by atoms with E-state index in [0.29, 0.717) is 6.54 Å². The predicted molar refractivity (Wildman–Crippen MR) is 75.4 cm³/mol. The average molecular weight is 304 g/mol. The molecule has 0 bridgehead atoms. The molecule has 0 fully saturated rings. The highest BCUT2D eigenvalue weighted by molar-refractivity contribution is 8.13. The van der Waals surface area contributed by atoms with Crippen LogP contribution in [0, 0.1) is 5.92 Å². The molecule has 0 spiro atoms. The van der Waals surface area contributed by atoms with Crippen molar-refractivity contribution in [2.75, 3.05) is 0 Å². The Kier molecular flexibility index (Phi) is 5.82. The second-order valence-corrected chi connectivity index (χ2v) is 6.88. The first kappa shape index (κ1) is 16.0. The molecule has 0 radical (unpaired) electrons. The fraction of sp³-hybridized carbons (Fsp3) is 0.462. The van der Waals surface area contributed by atoms with E-state index in [0.717, 1.165) is 18.4 Å². The Hall–Kier alpha value is -1.07. The van der Waals surface area contributed by atoms with Gasteiger partial charge in [0.1, 0.15) is 0 Å². The van der Waals surface area contributed by atoms with Gasteiger partial charge in [0, 0.05) is 23.1 Å². The molecular weight excluding hydrogens is 286 g/mol. The highest BCUT2D eigenvalue weighted by atomic mass is 35.7. The van der Waals surface area contributed by atoms with E-state index >= 15 is 0 Å². The van der Waals surface area contributed by atoms with Crippen LogP contribution in [0.1, 0.15) is 32.3 Å². The van der Waals surface area contributed by atoms with Gasteiger partial charge in [-0.25, -0.2) is 8.42 Å². The number of nitrogens with one attached hydrogen (secondary N) is 1. The minimum atomic E-state index is -3.69. The Morgan fingerprint density at radius 1 is 1.21 bits per heavy atom. The summed E-state index contributed by atoms with van der Waals surface area (Å²) >= 11 is 0. The van der Waals surface area contributed by atoms with Crippen molar-refractivity contribution in [3.8, 4) is 0 Å². The van der Waals surface area contributed by atoms with Crippen LogP contribution >= 0.6 is 10.7 Å². The molecule has 0 aromatic heterocycles. The third-order valence-electron chi connectivity index (χ3n) is 3.03. The molecule has 1 aromatic carbocycles. The van der Waals surface area contributed by atoms with Crippen molar-refractivity contribution in [2.45, 2.75) is 38.1 Å². The molecule has 0 aliphatic rings. The fourth-order valence-electron chi connectivity index (χ4n) is 1.76. The number of carbonyl (C=O) groups excluding carboxylic acids is 1. The molecule has 19 heavy (non-hydrogen) atoms. The molecule has 0 heterocycles. The van der Waals surface area contributed by atoms with Crippen molar-refractivity contribution in [2.24, 2.45) is 5.92 Å². The summed E-state index contributed by atoms with van der Waals surface area (Å²) in [4.78, 5) is 11.8. The lowest BCUT2D eigenvalue weighted by Crippen LogP contribution is -2.29. The standard InChI is InChI=1S/C13H18ClNO3S/c1-3-11(4-2)13(16)15-9-10-5-7-12(8-6-10)19(14,17)18/h5-8,11H,3-4,9H2,1-2H3,(H,15,16). The summed E-state index contributed by atoms with van der Waals surface area (Å²) in [6.45, 7) is 4.35. The number of amides is 1. The molecule has 1 amide bonds. The molecule has 106 valence electrons. The van der Waals surface area contributed by atoms with Gasteiger partial charge in [0.2, 0.25) is 5.91 Å². The van der Waals surface area contributed by atoms with Crippen molar-refractivity contribution in [1.82, 2.24) is 5.32 Å². The maximum absolute atomic E-state index is 11.8. The summed E-state index contributed by atoms with van der Waals surface area (Å²) in [5, 5.41) is 2.84. The zero-order chi connectivity index (χ0) is 14.5. The lowest BCUT2D eigenvalue weighted by Gasteiger charge is -2.12. The molecule has 1 aromatic rings. The number of halogens is 1. The van der Waals surface area contributed by atoms with E-state index in [1.54, 1.807) is 12.1 Å². The summed E-state index contributed by atoms with van der Waals surface area (Å²) in [5.74, 6) is 0.0570. The molecule has 1 N–H and O–H groups in total. The zero-order valence-electron chi connectivity index (χ0n) is 11.0. The van der Waals surface area contributed by atoms with Crippen LogP contribution in [0.4, 0.5) is 0 Å². The first-order chi connectivity index (χ1) is 8.88. The van der Waals surface area contributed by atoms with Crippen LogP contribution in [-0.4, -0.2) is 14.3 Å². The average Bonchev–Trinajstić information content (AvgIpc) is 2.37. The Bertz CT molecular complexity index is 521. The minimum Gasteiger partial charge on any atom is -0.352 e. The number of benzene rings is 1. The van der Waals surface area contributed by atoms with Crippen LogP contribution in [0.5, 0.6) is 0 Å². The van der Waals surface area contributed by atoms with Crippen molar-refractivity contribution in [1.29, 1.82) is 0 Å². The quantitative estimate of drug-likeness (QED) is 0.822. The first-order valence-corrected chi connectivity index (χ1v) is 8.50. The van der Waals surface area contributed by atoms with E-state index < -0.39 is 9.05 Å². The summed E-state index contributed by atoms with van der Waals surface area (Å²) in [7, 11) is 1.53. The Morgan fingerprint density at radius 2 is 1.74 bits per heavy atom. The van der Waals surface area contributed by atoms with Crippen LogP contribution in [0.15, 0.2) is 29.2 Å². The molecule has 6 heteroatoms. The van der Waals surface area contributed by atoms with Crippen LogP contribution in [0.3, 0.4) is 0 Å². The number of hydrogen-bond acceptors (Lipinski definition) is 3. The maximum Gasteiger partial charge on any atom is 0.261 e. The van der Waals surface area contributed by atoms with Crippen LogP contribution in [0.25, 0.3) is 0 Å². The molecule has 0 aliphatic carbocycles. The van der Waals surface area contributed by atoms with Crippen molar-refractivity contribution < 1.29 is 13.2 Å². The Balaban J connectivity index is 2.62. The van der Waals surface area contributed by atoms with Crippen molar-refractivity contribution in [3.05, 3.63) is 29.8 Å². The number of rotatable bonds is 6. The third-order valence-corrected chi connectivity index (χ3v) is 4.40. The Morgan fingerprint density at radius 3 is 2.16 bits per heavy atom. The molecular formula is C13H18ClNO3S. The van der Waals surface area contributed by atoms with Gasteiger partial charge in [-0.2, -0.15) is 0 Å². The summed E-state index contributed by atoms with van der Waals surface area (Å²) in [6.07, 6.45) is 1.62. The second-order valence-electron chi connectivity index (χ2n) is 4.31. The largest absolute Gasteiger partial charge is 0.352 e. The normalized spacial score (nSPS) is 11.6. The zero-order valence-corrected chi connectivity index (χ0v) is 12.6. The number of carbonyl (C=O) groups is 1. The summed E-state index contributed by atoms with van der Waals surface area (Å²) in [6, 6.07) is 6.15. The highest BCUT2D eigenvalue weighted by Crippen LogP contribution is 2.15. The first-order valence-electron chi connectivity index (χ1n) is 6.19. The highest BCUT2D eigenvalue weighted by Gasteiger charge is 2.13. The van der Waals surface area contributed by atoms with E-state index in [1.165, 1.54) is 12.1 Å². The molecule has 4 nitrogen and oxygen atoms in total. The minimum absolute atomic E-state index is 0.0269. The SMILES string of the molecule is CCC(CC)C(=O)NCc1ccc(S(=O)(=O)Cl)cc1. The molecule has 0 saturated carbocycles. The van der Waals surface area contributed by atoms with Crippen molar-refractivity contribution >= 4 is 25.6 Å².